The topological polar surface area (TPSA) is 190 Å². The summed E-state index contributed by atoms with van der Waals surface area (Å²) in [5.74, 6) is -1.17. The first-order valence-electron chi connectivity index (χ1n) is 6.50. The summed E-state index contributed by atoms with van der Waals surface area (Å²) in [4.78, 5) is 29.4. The Kier molecular flexibility index (Phi) is 22.2. The van der Waals surface area contributed by atoms with Crippen LogP contribution in [-0.4, -0.2) is 75.9 Å². The first-order chi connectivity index (χ1) is 10.6. The molecule has 0 heterocycles. The molecular weight excluding hydrogens is 346 g/mol. The molecule has 11 heteroatoms. The molecule has 23 heavy (non-hydrogen) atoms. The average molecular weight is 373 g/mol. The summed E-state index contributed by atoms with van der Waals surface area (Å²) in [7, 11) is 0. The van der Waals surface area contributed by atoms with E-state index >= 15 is 0 Å². The fourth-order valence-corrected chi connectivity index (χ4v) is 1.72. The minimum atomic E-state index is -0.968. The van der Waals surface area contributed by atoms with Crippen molar-refractivity contribution in [3.63, 3.8) is 0 Å². The number of carboxylic acid groups (broad SMARTS) is 3. The van der Waals surface area contributed by atoms with Crippen LogP contribution in [-0.2, 0) is 14.4 Å². The summed E-state index contributed by atoms with van der Waals surface area (Å²) in [6.45, 7) is -0.278. The van der Waals surface area contributed by atoms with Gasteiger partial charge in [-0.1, -0.05) is 0 Å². The lowest BCUT2D eigenvalue weighted by Gasteiger charge is -2.02. The van der Waals surface area contributed by atoms with Gasteiger partial charge in [0.15, 0.2) is 0 Å². The Morgan fingerprint density at radius 3 is 1.26 bits per heavy atom. The van der Waals surface area contributed by atoms with Crippen molar-refractivity contribution in [1.29, 1.82) is 0 Å². The van der Waals surface area contributed by atoms with Gasteiger partial charge in [-0.2, -0.15) is 23.5 Å². The maximum atomic E-state index is 10.1. The van der Waals surface area contributed by atoms with Crippen molar-refractivity contribution in [3.05, 3.63) is 0 Å². The van der Waals surface area contributed by atoms with E-state index < -0.39 is 30.0 Å². The number of carbonyl (C=O) groups is 3. The standard InChI is InChI=1S/2C5H11NO2S.C2H5NO2/c2*1-9-3-2-4(6)5(7)8;3-1-2(4)5/h2*4H,2-3,6H2,1H3,(H,7,8);1,3H2,(H,4,5)/t2*4-;/m00./s1. The van der Waals surface area contributed by atoms with Crippen LogP contribution < -0.4 is 17.2 Å². The van der Waals surface area contributed by atoms with Crippen molar-refractivity contribution in [2.45, 2.75) is 24.9 Å². The fourth-order valence-electron chi connectivity index (χ4n) is 0.737. The van der Waals surface area contributed by atoms with Crippen molar-refractivity contribution in [3.8, 4) is 0 Å². The van der Waals surface area contributed by atoms with E-state index in [0.29, 0.717) is 12.8 Å². The molecule has 0 bridgehead atoms. The van der Waals surface area contributed by atoms with Crippen LogP contribution in [0.3, 0.4) is 0 Å². The van der Waals surface area contributed by atoms with Crippen LogP contribution >= 0.6 is 23.5 Å². The maximum Gasteiger partial charge on any atom is 0.320 e. The van der Waals surface area contributed by atoms with E-state index in [0.717, 1.165) is 11.5 Å². The number of aliphatic carboxylic acids is 3. The molecule has 0 fully saturated rings. The Morgan fingerprint density at radius 2 is 1.13 bits per heavy atom. The average Bonchev–Trinajstić information content (AvgIpc) is 2.50. The molecule has 0 amide bonds. The van der Waals surface area contributed by atoms with Gasteiger partial charge in [-0.25, -0.2) is 0 Å². The number of hydrogen-bond donors (Lipinski definition) is 6. The second-order valence-electron chi connectivity index (χ2n) is 4.05. The van der Waals surface area contributed by atoms with Gasteiger partial charge in [-0.3, -0.25) is 14.4 Å². The summed E-state index contributed by atoms with van der Waals surface area (Å²) in [5.41, 5.74) is 15.0. The number of nitrogens with two attached hydrogens (primary N) is 3. The van der Waals surface area contributed by atoms with E-state index in [1.165, 1.54) is 0 Å². The van der Waals surface area contributed by atoms with E-state index in [4.69, 9.17) is 26.8 Å². The lowest BCUT2D eigenvalue weighted by atomic mass is 10.2. The smallest absolute Gasteiger partial charge is 0.320 e. The van der Waals surface area contributed by atoms with Gasteiger partial charge >= 0.3 is 17.9 Å². The molecule has 0 aliphatic carbocycles. The van der Waals surface area contributed by atoms with Gasteiger partial charge in [0.2, 0.25) is 0 Å². The third-order valence-electron chi connectivity index (χ3n) is 2.07. The van der Waals surface area contributed by atoms with Crippen LogP contribution in [0.15, 0.2) is 0 Å². The van der Waals surface area contributed by atoms with Crippen LogP contribution in [0.1, 0.15) is 12.8 Å². The highest BCUT2D eigenvalue weighted by Gasteiger charge is 2.09. The Morgan fingerprint density at radius 1 is 0.870 bits per heavy atom. The zero-order valence-corrected chi connectivity index (χ0v) is 14.9. The van der Waals surface area contributed by atoms with E-state index in [-0.39, 0.29) is 6.54 Å². The summed E-state index contributed by atoms with van der Waals surface area (Å²) < 4.78 is 0. The maximum absolute atomic E-state index is 10.1. The second-order valence-corrected chi connectivity index (χ2v) is 6.02. The van der Waals surface area contributed by atoms with Gasteiger partial charge in [0.25, 0.3) is 0 Å². The van der Waals surface area contributed by atoms with E-state index in [9.17, 15) is 14.4 Å². The molecule has 0 saturated heterocycles. The minimum Gasteiger partial charge on any atom is -0.480 e. The minimum absolute atomic E-state index is 0.278. The van der Waals surface area contributed by atoms with Crippen LogP contribution in [0.2, 0.25) is 0 Å². The normalized spacial score (nSPS) is 11.9. The lowest BCUT2D eigenvalue weighted by Crippen LogP contribution is -2.30. The summed E-state index contributed by atoms with van der Waals surface area (Å²) in [6, 6.07) is -1.37. The number of rotatable bonds is 9. The molecule has 138 valence electrons. The third-order valence-corrected chi connectivity index (χ3v) is 3.36. The molecular formula is C12H27N3O6S2. The summed E-state index contributed by atoms with van der Waals surface area (Å²) >= 11 is 3.21. The van der Waals surface area contributed by atoms with Crippen molar-refractivity contribution in [2.24, 2.45) is 17.2 Å². The van der Waals surface area contributed by atoms with Crippen molar-refractivity contribution in [1.82, 2.24) is 0 Å². The summed E-state index contributed by atoms with van der Waals surface area (Å²) in [5, 5.41) is 24.1. The van der Waals surface area contributed by atoms with Gasteiger partial charge in [0.05, 0.1) is 6.54 Å². The molecule has 0 aromatic rings. The number of carboxylic acids is 3. The molecule has 2 atom stereocenters. The highest BCUT2D eigenvalue weighted by Crippen LogP contribution is 1.98. The quantitative estimate of drug-likeness (QED) is 0.300. The monoisotopic (exact) mass is 373 g/mol. The Bertz CT molecular complexity index is 310. The molecule has 0 aliphatic rings. The Labute approximate surface area is 144 Å². The molecule has 0 radical (unpaired) electrons. The predicted octanol–water partition coefficient (Wildman–Crippen LogP) is -0.667. The highest BCUT2D eigenvalue weighted by molar-refractivity contribution is 7.98. The van der Waals surface area contributed by atoms with Crippen LogP contribution in [0.25, 0.3) is 0 Å². The van der Waals surface area contributed by atoms with Crippen molar-refractivity contribution >= 4 is 41.4 Å². The van der Waals surface area contributed by atoms with Crippen molar-refractivity contribution < 1.29 is 29.7 Å². The van der Waals surface area contributed by atoms with E-state index in [2.05, 4.69) is 5.73 Å². The molecule has 0 spiro atoms. The van der Waals surface area contributed by atoms with E-state index in [1.807, 2.05) is 12.5 Å². The van der Waals surface area contributed by atoms with Crippen molar-refractivity contribution in [2.75, 3.05) is 30.6 Å². The largest absolute Gasteiger partial charge is 0.480 e. The molecule has 0 rings (SSSR count). The molecule has 9 N–H and O–H groups in total. The lowest BCUT2D eigenvalue weighted by molar-refractivity contribution is -0.139. The molecule has 0 unspecified atom stereocenters. The van der Waals surface area contributed by atoms with Gasteiger partial charge in [0.1, 0.15) is 12.1 Å². The molecule has 9 nitrogen and oxygen atoms in total. The molecule has 0 aromatic heterocycles. The predicted molar refractivity (Wildman–Crippen MR) is 93.9 cm³/mol. The molecule has 0 saturated carbocycles. The zero-order chi connectivity index (χ0) is 18.8. The summed E-state index contributed by atoms with van der Waals surface area (Å²) in [6.07, 6.45) is 4.95. The zero-order valence-electron chi connectivity index (χ0n) is 13.3. The molecule has 0 aromatic carbocycles. The van der Waals surface area contributed by atoms with Crippen LogP contribution in [0, 0.1) is 0 Å². The van der Waals surface area contributed by atoms with Gasteiger partial charge in [-0.05, 0) is 36.9 Å². The Hall–Kier alpha value is -1.01. The highest BCUT2D eigenvalue weighted by atomic mass is 32.2. The number of hydrogen-bond acceptors (Lipinski definition) is 8. The van der Waals surface area contributed by atoms with E-state index in [1.54, 1.807) is 23.5 Å². The first kappa shape index (κ1) is 26.9. The van der Waals surface area contributed by atoms with Crippen LogP contribution in [0.4, 0.5) is 0 Å². The fraction of sp³-hybridized carbons (Fsp3) is 0.750. The second kappa shape index (κ2) is 19.0. The first-order valence-corrected chi connectivity index (χ1v) is 9.29. The SMILES string of the molecule is CSCC[C@H](N)C(=O)O.CSCC[C@H](N)C(=O)O.NCC(=O)O. The molecule has 0 aliphatic heterocycles. The van der Waals surface area contributed by atoms with Crippen LogP contribution in [0.5, 0.6) is 0 Å². The Balaban J connectivity index is -0.000000273. The van der Waals surface area contributed by atoms with Gasteiger partial charge < -0.3 is 32.5 Å². The van der Waals surface area contributed by atoms with Gasteiger partial charge in [0, 0.05) is 0 Å². The third kappa shape index (κ3) is 26.2. The van der Waals surface area contributed by atoms with Gasteiger partial charge in [-0.15, -0.1) is 0 Å². The number of thioether (sulfide) groups is 2.